The largest absolute Gasteiger partial charge is 0.394 e. The Labute approximate surface area is 205 Å². The van der Waals surface area contributed by atoms with Gasteiger partial charge in [-0.25, -0.2) is 0 Å². The van der Waals surface area contributed by atoms with Gasteiger partial charge in [-0.3, -0.25) is 4.79 Å². The van der Waals surface area contributed by atoms with Gasteiger partial charge in [0, 0.05) is 6.92 Å². The second kappa shape index (κ2) is 12.2. The van der Waals surface area contributed by atoms with E-state index in [4.69, 9.17) is 23.7 Å². The maximum atomic E-state index is 11.7. The van der Waals surface area contributed by atoms with Crippen molar-refractivity contribution in [1.82, 2.24) is 5.32 Å². The van der Waals surface area contributed by atoms with Gasteiger partial charge in [0.15, 0.2) is 18.9 Å². The summed E-state index contributed by atoms with van der Waals surface area (Å²) in [5.74, 6) is -0.632. The third-order valence-electron chi connectivity index (χ3n) is 6.46. The monoisotopic (exact) mass is 529 g/mol. The number of nitrogens with one attached hydrogen (secondary N) is 1. The lowest BCUT2D eigenvalue weighted by molar-refractivity contribution is -0.380. The van der Waals surface area contributed by atoms with Crippen LogP contribution in [0, 0.1) is 0 Å². The summed E-state index contributed by atoms with van der Waals surface area (Å²) in [5, 5.41) is 93.8. The molecule has 15 atom stereocenters. The molecule has 0 aromatic carbocycles. The summed E-state index contributed by atoms with van der Waals surface area (Å²) in [6, 6.07) is -1.39. The fourth-order valence-electron chi connectivity index (χ4n) is 4.38. The number of aliphatic hydroxyl groups is 9. The molecule has 3 heterocycles. The van der Waals surface area contributed by atoms with Crippen LogP contribution >= 0.6 is 0 Å². The number of ether oxygens (including phenoxy) is 5. The maximum absolute atomic E-state index is 11.7. The van der Waals surface area contributed by atoms with E-state index < -0.39 is 111 Å². The highest BCUT2D eigenvalue weighted by molar-refractivity contribution is 5.73. The van der Waals surface area contributed by atoms with Gasteiger partial charge in [0.2, 0.25) is 5.91 Å². The van der Waals surface area contributed by atoms with Crippen LogP contribution in [-0.2, 0) is 28.5 Å². The van der Waals surface area contributed by atoms with Crippen molar-refractivity contribution in [2.24, 2.45) is 0 Å². The molecule has 16 heteroatoms. The van der Waals surface area contributed by atoms with E-state index in [0.29, 0.717) is 0 Å². The van der Waals surface area contributed by atoms with Crippen LogP contribution in [0.1, 0.15) is 13.8 Å². The van der Waals surface area contributed by atoms with Crippen molar-refractivity contribution in [3.63, 3.8) is 0 Å². The third kappa shape index (κ3) is 5.97. The first kappa shape index (κ1) is 29.5. The number of amides is 1. The highest BCUT2D eigenvalue weighted by atomic mass is 16.8. The average Bonchev–Trinajstić information content (AvgIpc) is 2.83. The number of carbonyl (C=O) groups is 1. The van der Waals surface area contributed by atoms with Gasteiger partial charge in [0.05, 0.1) is 19.3 Å². The van der Waals surface area contributed by atoms with Crippen molar-refractivity contribution in [1.29, 1.82) is 0 Å². The normalized spacial score (nSPS) is 50.0. The average molecular weight is 529 g/mol. The molecule has 3 fully saturated rings. The molecule has 3 rings (SSSR count). The van der Waals surface area contributed by atoms with E-state index in [2.05, 4.69) is 5.32 Å². The van der Waals surface area contributed by atoms with Crippen molar-refractivity contribution in [3.05, 3.63) is 0 Å². The molecule has 1 amide bonds. The van der Waals surface area contributed by atoms with Crippen LogP contribution in [0.5, 0.6) is 0 Å². The van der Waals surface area contributed by atoms with Crippen molar-refractivity contribution >= 4 is 5.91 Å². The Kier molecular flexibility index (Phi) is 9.97. The van der Waals surface area contributed by atoms with Gasteiger partial charge < -0.3 is 75.0 Å². The topological polar surface area (TPSA) is 257 Å². The molecule has 0 radical (unpaired) electrons. The predicted octanol–water partition coefficient (Wildman–Crippen LogP) is -6.40. The van der Waals surface area contributed by atoms with Crippen LogP contribution in [0.2, 0.25) is 0 Å². The van der Waals surface area contributed by atoms with Crippen LogP contribution in [0.3, 0.4) is 0 Å². The molecule has 0 saturated carbocycles. The van der Waals surface area contributed by atoms with E-state index in [1.807, 2.05) is 0 Å². The van der Waals surface area contributed by atoms with Gasteiger partial charge in [-0.15, -0.1) is 0 Å². The van der Waals surface area contributed by atoms with E-state index in [0.717, 1.165) is 6.92 Å². The molecular formula is C20H35NO15. The zero-order valence-corrected chi connectivity index (χ0v) is 19.5. The van der Waals surface area contributed by atoms with Crippen molar-refractivity contribution in [3.8, 4) is 0 Å². The van der Waals surface area contributed by atoms with E-state index in [1.165, 1.54) is 6.92 Å². The Morgan fingerprint density at radius 1 is 0.722 bits per heavy atom. The Bertz CT molecular complexity index is 731. The second-order valence-electron chi connectivity index (χ2n) is 9.05. The standard InChI is InChI=1S/C20H35NO15/c1-5-10(25)13(28)15(30)19(32-5)36-17-14(29)11(26)7(3-22)34-20(17)35-16-9(21-6(2)24)18(31)33-8(4-23)12(16)27/h5,7-20,22-23,25-31H,3-4H2,1-2H3,(H,21,24)/t5-,7+,8+,9+,10+,11-,12+,13+,14-,15-,16+,17+,18?,19-,20-/m0/s1. The lowest BCUT2D eigenvalue weighted by Gasteiger charge is -2.48. The smallest absolute Gasteiger partial charge is 0.217 e. The van der Waals surface area contributed by atoms with E-state index >= 15 is 0 Å². The minimum absolute atomic E-state index is 0.632. The molecule has 0 aliphatic carbocycles. The Balaban J connectivity index is 1.89. The second-order valence-corrected chi connectivity index (χ2v) is 9.05. The highest BCUT2D eigenvalue weighted by Crippen LogP contribution is 2.32. The molecule has 0 spiro atoms. The van der Waals surface area contributed by atoms with Crippen LogP contribution in [0.4, 0.5) is 0 Å². The summed E-state index contributed by atoms with van der Waals surface area (Å²) in [7, 11) is 0. The molecule has 36 heavy (non-hydrogen) atoms. The van der Waals surface area contributed by atoms with E-state index in [-0.39, 0.29) is 0 Å². The Morgan fingerprint density at radius 3 is 1.89 bits per heavy atom. The summed E-state index contributed by atoms with van der Waals surface area (Å²) >= 11 is 0. The minimum Gasteiger partial charge on any atom is -0.394 e. The molecule has 3 saturated heterocycles. The first-order chi connectivity index (χ1) is 16.9. The van der Waals surface area contributed by atoms with E-state index in [1.54, 1.807) is 0 Å². The molecule has 210 valence electrons. The SMILES string of the molecule is CC(=O)N[C@H]1C(O)O[C@H](CO)[C@@H](O)[C@@H]1O[C@@H]1O[C@H](CO)[C@H](O)[C@H](O)[C@H]1O[C@@H]1O[C@@H](C)[C@@H](O)[C@@H](O)[C@@H]1O. The molecule has 0 bridgehead atoms. The van der Waals surface area contributed by atoms with Crippen LogP contribution in [0.25, 0.3) is 0 Å². The molecule has 3 aliphatic rings. The third-order valence-corrected chi connectivity index (χ3v) is 6.46. The van der Waals surface area contributed by atoms with Crippen LogP contribution in [-0.4, -0.2) is 157 Å². The molecule has 1 unspecified atom stereocenters. The summed E-state index contributed by atoms with van der Waals surface area (Å²) in [5.41, 5.74) is 0. The summed E-state index contributed by atoms with van der Waals surface area (Å²) in [4.78, 5) is 11.7. The predicted molar refractivity (Wildman–Crippen MR) is 111 cm³/mol. The number of hydrogen-bond donors (Lipinski definition) is 10. The van der Waals surface area contributed by atoms with Gasteiger partial charge in [0.1, 0.15) is 67.1 Å². The maximum Gasteiger partial charge on any atom is 0.217 e. The minimum atomic E-state index is -1.83. The quantitative estimate of drug-likeness (QED) is 0.147. The highest BCUT2D eigenvalue weighted by Gasteiger charge is 2.53. The lowest BCUT2D eigenvalue weighted by Crippen LogP contribution is -2.68. The Hall–Kier alpha value is -1.09. The zero-order chi connectivity index (χ0) is 26.9. The number of aliphatic hydroxyl groups excluding tert-OH is 9. The van der Waals surface area contributed by atoms with Crippen molar-refractivity contribution in [2.45, 2.75) is 106 Å². The summed E-state index contributed by atoms with van der Waals surface area (Å²) < 4.78 is 27.4. The fraction of sp³-hybridized carbons (Fsp3) is 0.950. The van der Waals surface area contributed by atoms with Gasteiger partial charge >= 0.3 is 0 Å². The van der Waals surface area contributed by atoms with Crippen LogP contribution in [0.15, 0.2) is 0 Å². The number of carbonyl (C=O) groups excluding carboxylic acids is 1. The Morgan fingerprint density at radius 2 is 1.31 bits per heavy atom. The molecular weight excluding hydrogens is 494 g/mol. The lowest BCUT2D eigenvalue weighted by atomic mass is 9.95. The molecule has 3 aliphatic heterocycles. The van der Waals surface area contributed by atoms with Gasteiger partial charge in [-0.05, 0) is 6.92 Å². The molecule has 10 N–H and O–H groups in total. The first-order valence-electron chi connectivity index (χ1n) is 11.4. The molecule has 0 aromatic rings. The van der Waals surface area contributed by atoms with Crippen molar-refractivity contribution in [2.75, 3.05) is 13.2 Å². The fourth-order valence-corrected chi connectivity index (χ4v) is 4.38. The van der Waals surface area contributed by atoms with Crippen molar-refractivity contribution < 1.29 is 74.4 Å². The summed E-state index contributed by atoms with van der Waals surface area (Å²) in [6.07, 6.45) is -22.2. The number of hydrogen-bond acceptors (Lipinski definition) is 15. The number of rotatable bonds is 7. The first-order valence-corrected chi connectivity index (χ1v) is 11.4. The van der Waals surface area contributed by atoms with E-state index in [9.17, 15) is 50.8 Å². The van der Waals surface area contributed by atoms with Gasteiger partial charge in [-0.1, -0.05) is 0 Å². The summed E-state index contributed by atoms with van der Waals surface area (Å²) in [6.45, 7) is 1.00. The van der Waals surface area contributed by atoms with Crippen LogP contribution < -0.4 is 5.32 Å². The zero-order valence-electron chi connectivity index (χ0n) is 19.5. The van der Waals surface area contributed by atoms with Gasteiger partial charge in [-0.2, -0.15) is 0 Å². The molecule has 16 nitrogen and oxygen atoms in total. The molecule has 0 aromatic heterocycles. The van der Waals surface area contributed by atoms with Gasteiger partial charge in [0.25, 0.3) is 0 Å².